The zero-order valence-corrected chi connectivity index (χ0v) is 17.4. The highest BCUT2D eigenvalue weighted by atomic mass is 32.2. The number of anilines is 2. The molecule has 3 aromatic rings. The van der Waals surface area contributed by atoms with Crippen molar-refractivity contribution in [2.24, 2.45) is 7.05 Å². The number of amides is 1. The number of alkyl halides is 3. The highest BCUT2D eigenvalue weighted by Gasteiger charge is 2.33. The molecule has 1 N–H and O–H groups in total. The molecule has 0 fully saturated rings. The third kappa shape index (κ3) is 4.93. The van der Waals surface area contributed by atoms with Gasteiger partial charge in [0.15, 0.2) is 11.0 Å². The number of nitrogens with one attached hydrogen (secondary N) is 1. The Labute approximate surface area is 176 Å². The number of hydrogen-bond donors (Lipinski definition) is 1. The molecular formula is C20H20F3N5OS. The molecule has 0 aliphatic heterocycles. The van der Waals surface area contributed by atoms with Gasteiger partial charge in [0.25, 0.3) is 0 Å². The van der Waals surface area contributed by atoms with Crippen molar-refractivity contribution >= 4 is 29.0 Å². The molecule has 0 aliphatic carbocycles. The molecule has 0 spiro atoms. The normalized spacial score (nSPS) is 11.4. The SMILES string of the molecule is CN(C)c1cccc(-c2nnc(SCC(=O)Nc3ccccc3C(F)(F)F)n2C)c1. The first kappa shape index (κ1) is 21.7. The number of hydrogen-bond acceptors (Lipinski definition) is 5. The standard InChI is InChI=1S/C20H20F3N5OS/c1-27(2)14-8-6-7-13(11-14)18-25-26-19(28(18)3)30-12-17(29)24-16-10-5-4-9-15(16)20(21,22)23/h4-11H,12H2,1-3H3,(H,24,29). The third-order valence-corrected chi connectivity index (χ3v) is 5.31. The maximum absolute atomic E-state index is 13.1. The minimum Gasteiger partial charge on any atom is -0.378 e. The molecule has 0 bridgehead atoms. The number of para-hydroxylation sites is 1. The van der Waals surface area contributed by atoms with Crippen LogP contribution in [0.15, 0.2) is 53.7 Å². The molecule has 0 aliphatic rings. The summed E-state index contributed by atoms with van der Waals surface area (Å²) in [5.74, 6) is -0.0320. The summed E-state index contributed by atoms with van der Waals surface area (Å²) in [4.78, 5) is 14.2. The largest absolute Gasteiger partial charge is 0.418 e. The topological polar surface area (TPSA) is 63.1 Å². The van der Waals surface area contributed by atoms with Crippen LogP contribution < -0.4 is 10.2 Å². The van der Waals surface area contributed by atoms with Crippen LogP contribution in [0.25, 0.3) is 11.4 Å². The second kappa shape index (κ2) is 8.78. The summed E-state index contributed by atoms with van der Waals surface area (Å²) in [5, 5.41) is 11.1. The van der Waals surface area contributed by atoms with Gasteiger partial charge in [0, 0.05) is 32.4 Å². The molecule has 3 rings (SSSR count). The Kier molecular flexibility index (Phi) is 6.35. The van der Waals surface area contributed by atoms with Crippen molar-refractivity contribution in [3.05, 3.63) is 54.1 Å². The molecule has 158 valence electrons. The molecule has 10 heteroatoms. The first-order valence-corrected chi connectivity index (χ1v) is 9.91. The molecule has 0 saturated heterocycles. The molecule has 1 heterocycles. The molecule has 1 amide bonds. The molecule has 0 saturated carbocycles. The van der Waals surface area contributed by atoms with Crippen LogP contribution in [-0.4, -0.2) is 40.5 Å². The fourth-order valence-electron chi connectivity index (χ4n) is 2.77. The predicted molar refractivity (Wildman–Crippen MR) is 112 cm³/mol. The van der Waals surface area contributed by atoms with Crippen molar-refractivity contribution in [1.29, 1.82) is 0 Å². The minimum atomic E-state index is -4.55. The maximum atomic E-state index is 13.1. The van der Waals surface area contributed by atoms with Crippen molar-refractivity contribution in [3.63, 3.8) is 0 Å². The van der Waals surface area contributed by atoms with E-state index >= 15 is 0 Å². The molecular weight excluding hydrogens is 415 g/mol. The van der Waals surface area contributed by atoms with Gasteiger partial charge in [-0.15, -0.1) is 10.2 Å². The fraction of sp³-hybridized carbons (Fsp3) is 0.250. The van der Waals surface area contributed by atoms with E-state index in [1.54, 1.807) is 11.6 Å². The first-order valence-electron chi connectivity index (χ1n) is 8.93. The Morgan fingerprint density at radius 1 is 1.13 bits per heavy atom. The number of nitrogens with zero attached hydrogens (tertiary/aromatic N) is 4. The Hall–Kier alpha value is -3.01. The van der Waals surface area contributed by atoms with Crippen molar-refractivity contribution in [3.8, 4) is 11.4 Å². The Balaban J connectivity index is 1.69. The van der Waals surface area contributed by atoms with Crippen LogP contribution in [0.5, 0.6) is 0 Å². The van der Waals surface area contributed by atoms with Gasteiger partial charge in [0.2, 0.25) is 5.91 Å². The molecule has 6 nitrogen and oxygen atoms in total. The zero-order chi connectivity index (χ0) is 21.9. The number of carbonyl (C=O) groups is 1. The number of thioether (sulfide) groups is 1. The van der Waals surface area contributed by atoms with Crippen molar-refractivity contribution in [2.75, 3.05) is 30.1 Å². The van der Waals surface area contributed by atoms with Gasteiger partial charge in [-0.1, -0.05) is 36.0 Å². The summed E-state index contributed by atoms with van der Waals surface area (Å²) in [6.45, 7) is 0. The fourth-order valence-corrected chi connectivity index (χ4v) is 3.48. The van der Waals surface area contributed by atoms with Gasteiger partial charge >= 0.3 is 6.18 Å². The minimum absolute atomic E-state index is 0.101. The Bertz CT molecular complexity index is 1050. The quantitative estimate of drug-likeness (QED) is 0.585. The average molecular weight is 435 g/mol. The van der Waals surface area contributed by atoms with Crippen molar-refractivity contribution in [2.45, 2.75) is 11.3 Å². The van der Waals surface area contributed by atoms with Gasteiger partial charge in [-0.2, -0.15) is 13.2 Å². The number of halogens is 3. The van der Waals surface area contributed by atoms with Gasteiger partial charge < -0.3 is 14.8 Å². The highest BCUT2D eigenvalue weighted by molar-refractivity contribution is 7.99. The van der Waals surface area contributed by atoms with Crippen molar-refractivity contribution < 1.29 is 18.0 Å². The lowest BCUT2D eigenvalue weighted by atomic mass is 10.1. The summed E-state index contributed by atoms with van der Waals surface area (Å²) in [6.07, 6.45) is -4.55. The summed E-state index contributed by atoms with van der Waals surface area (Å²) >= 11 is 1.10. The van der Waals surface area contributed by atoms with E-state index in [0.717, 1.165) is 29.1 Å². The third-order valence-electron chi connectivity index (χ3n) is 4.29. The average Bonchev–Trinajstić information content (AvgIpc) is 3.06. The Morgan fingerprint density at radius 3 is 2.57 bits per heavy atom. The van der Waals surface area contributed by atoms with Gasteiger partial charge in [-0.3, -0.25) is 4.79 Å². The summed E-state index contributed by atoms with van der Waals surface area (Å²) in [7, 11) is 5.65. The van der Waals surface area contributed by atoms with Crippen LogP contribution in [0.1, 0.15) is 5.56 Å². The van der Waals surface area contributed by atoms with Crippen molar-refractivity contribution in [1.82, 2.24) is 14.8 Å². The molecule has 1 aromatic heterocycles. The van der Waals surface area contributed by atoms with Gasteiger partial charge in [-0.25, -0.2) is 0 Å². The monoisotopic (exact) mass is 435 g/mol. The summed E-state index contributed by atoms with van der Waals surface area (Å²) in [6, 6.07) is 12.6. The van der Waals surface area contributed by atoms with Gasteiger partial charge in [0.05, 0.1) is 17.0 Å². The lowest BCUT2D eigenvalue weighted by Gasteiger charge is -2.13. The predicted octanol–water partition coefficient (Wildman–Crippen LogP) is 4.30. The number of carbonyl (C=O) groups excluding carboxylic acids is 1. The van der Waals surface area contributed by atoms with Gasteiger partial charge in [0.1, 0.15) is 0 Å². The Morgan fingerprint density at radius 2 is 1.87 bits per heavy atom. The van der Waals surface area contributed by atoms with Crippen LogP contribution in [0.3, 0.4) is 0 Å². The summed E-state index contributed by atoms with van der Waals surface area (Å²) < 4.78 is 40.9. The summed E-state index contributed by atoms with van der Waals surface area (Å²) in [5.41, 5.74) is 0.721. The maximum Gasteiger partial charge on any atom is 0.418 e. The molecule has 30 heavy (non-hydrogen) atoms. The number of aromatic nitrogens is 3. The lowest BCUT2D eigenvalue weighted by Crippen LogP contribution is -2.18. The second-order valence-electron chi connectivity index (χ2n) is 6.69. The molecule has 0 unspecified atom stereocenters. The molecule has 2 aromatic carbocycles. The highest BCUT2D eigenvalue weighted by Crippen LogP contribution is 2.34. The molecule has 0 atom stereocenters. The first-order chi connectivity index (χ1) is 14.2. The van der Waals surface area contributed by atoms with E-state index < -0.39 is 17.6 Å². The van der Waals surface area contributed by atoms with Crippen LogP contribution >= 0.6 is 11.8 Å². The smallest absolute Gasteiger partial charge is 0.378 e. The van der Waals surface area contributed by atoms with E-state index in [9.17, 15) is 18.0 Å². The van der Waals surface area contributed by atoms with E-state index in [4.69, 9.17) is 0 Å². The van der Waals surface area contributed by atoms with E-state index in [0.29, 0.717) is 11.0 Å². The van der Waals surface area contributed by atoms with E-state index in [-0.39, 0.29) is 11.4 Å². The second-order valence-corrected chi connectivity index (χ2v) is 7.63. The van der Waals surface area contributed by atoms with Crippen LogP contribution in [0.2, 0.25) is 0 Å². The van der Waals surface area contributed by atoms with E-state index in [1.807, 2.05) is 43.3 Å². The lowest BCUT2D eigenvalue weighted by molar-refractivity contribution is -0.137. The van der Waals surface area contributed by atoms with Crippen LogP contribution in [0.4, 0.5) is 24.5 Å². The van der Waals surface area contributed by atoms with E-state index in [1.165, 1.54) is 18.2 Å². The van der Waals surface area contributed by atoms with E-state index in [2.05, 4.69) is 15.5 Å². The van der Waals surface area contributed by atoms with Gasteiger partial charge in [-0.05, 0) is 24.3 Å². The van der Waals surface area contributed by atoms with Crippen LogP contribution in [0, 0.1) is 0 Å². The number of rotatable bonds is 6. The van der Waals surface area contributed by atoms with Crippen LogP contribution in [-0.2, 0) is 18.0 Å². The molecule has 0 radical (unpaired) electrons. The zero-order valence-electron chi connectivity index (χ0n) is 16.6. The number of benzene rings is 2.